The summed E-state index contributed by atoms with van der Waals surface area (Å²) in [6, 6.07) is 15.1. The molecule has 0 bridgehead atoms. The zero-order valence-electron chi connectivity index (χ0n) is 26.6. The smallest absolute Gasteiger partial charge is 0.408 e. The van der Waals surface area contributed by atoms with Crippen molar-refractivity contribution in [3.05, 3.63) is 71.8 Å². The summed E-state index contributed by atoms with van der Waals surface area (Å²) in [5.74, 6) is -4.31. The van der Waals surface area contributed by atoms with E-state index in [2.05, 4.69) is 10.6 Å². The van der Waals surface area contributed by atoms with Gasteiger partial charge < -0.3 is 29.8 Å². The highest BCUT2D eigenvalue weighted by atomic mass is 33.1. The van der Waals surface area contributed by atoms with Gasteiger partial charge in [0.1, 0.15) is 25.3 Å². The van der Waals surface area contributed by atoms with E-state index in [0.29, 0.717) is 21.3 Å². The summed E-state index contributed by atoms with van der Waals surface area (Å²) < 4.78 is 10.4. The number of carbonyl (C=O) groups excluding carboxylic acids is 8. The summed E-state index contributed by atoms with van der Waals surface area (Å²) in [6.45, 7) is -0.140. The minimum absolute atomic E-state index is 0.00186. The van der Waals surface area contributed by atoms with Gasteiger partial charge in [0, 0.05) is 37.2 Å². The fourth-order valence-electron chi connectivity index (χ4n) is 4.38. The van der Waals surface area contributed by atoms with Crippen LogP contribution in [0.1, 0.15) is 49.7 Å². The van der Waals surface area contributed by atoms with E-state index in [9.17, 15) is 38.4 Å². The van der Waals surface area contributed by atoms with Gasteiger partial charge in [-0.1, -0.05) is 82.3 Å². The summed E-state index contributed by atoms with van der Waals surface area (Å²) in [5, 5.41) is 5.59. The van der Waals surface area contributed by atoms with Crippen LogP contribution in [-0.2, 0) is 61.1 Å². The number of amides is 6. The molecule has 6 amide bonds. The molecule has 2 atom stereocenters. The molecule has 0 radical (unpaired) electrons. The van der Waals surface area contributed by atoms with Gasteiger partial charge in [0.05, 0.1) is 0 Å². The second-order valence-corrected chi connectivity index (χ2v) is 13.4. The van der Waals surface area contributed by atoms with Gasteiger partial charge in [-0.05, 0) is 24.0 Å². The van der Waals surface area contributed by atoms with E-state index in [1.165, 1.54) is 21.6 Å². The number of benzene rings is 2. The number of hydrogen-bond acceptors (Lipinski definition) is 14. The van der Waals surface area contributed by atoms with Crippen LogP contribution in [0.3, 0.4) is 0 Å². The Morgan fingerprint density at radius 3 is 1.26 bits per heavy atom. The van der Waals surface area contributed by atoms with Crippen molar-refractivity contribution in [1.29, 1.82) is 0 Å². The van der Waals surface area contributed by atoms with Crippen LogP contribution in [0.2, 0.25) is 0 Å². The van der Waals surface area contributed by atoms with Gasteiger partial charge in [0.2, 0.25) is 0 Å². The molecule has 2 aliphatic rings. The Hall–Kier alpha value is -5.10. The van der Waals surface area contributed by atoms with Crippen molar-refractivity contribution < 1.29 is 57.5 Å². The molecule has 0 aliphatic carbocycles. The van der Waals surface area contributed by atoms with Crippen LogP contribution < -0.4 is 10.6 Å². The Labute approximate surface area is 294 Å². The van der Waals surface area contributed by atoms with E-state index in [1.807, 2.05) is 0 Å². The molecule has 2 N–H and O–H groups in total. The number of nitrogens with zero attached hydrogens (tertiary/aromatic N) is 2. The topological polar surface area (TPSA) is 204 Å². The Balaban J connectivity index is 1.28. The highest BCUT2D eigenvalue weighted by Gasteiger charge is 2.37. The maximum Gasteiger partial charge on any atom is 0.408 e. The fraction of sp³-hybridized carbons (Fsp3) is 0.375. The van der Waals surface area contributed by atoms with Crippen molar-refractivity contribution in [2.75, 3.05) is 11.5 Å². The Morgan fingerprint density at radius 2 is 0.920 bits per heavy atom. The lowest BCUT2D eigenvalue weighted by Crippen LogP contribution is -2.46. The van der Waals surface area contributed by atoms with E-state index in [-0.39, 0.29) is 63.2 Å². The Bertz CT molecular complexity index is 1420. The summed E-state index contributed by atoms with van der Waals surface area (Å²) >= 11 is 0. The molecule has 0 aromatic heterocycles. The Morgan fingerprint density at radius 1 is 0.580 bits per heavy atom. The standard InChI is InChI=1S/C32H34N4O12S2/c37-25-11-12-26(38)35(25)47-29(41)23(33-31(43)45-19-21-7-3-1-4-8-21)15-17-49-50-18-16-24(30(42)48-36-27(39)13-14-28(36)40)34-32(44)46-20-22-9-5-2-6-10-22/h1-10,23-24H,11-20H2,(H,33,43)(H,34,44)/t23-,24-/m0/s1. The SMILES string of the molecule is O=C(N[C@@H](CCSSCC[C@H](NC(=O)OCc1ccccc1)C(=O)ON1C(=O)CCC1=O)C(=O)ON1C(=O)CCC1=O)OCc1ccccc1. The number of ether oxygens (including phenoxy) is 2. The monoisotopic (exact) mass is 730 g/mol. The molecule has 18 heteroatoms. The minimum Gasteiger partial charge on any atom is -0.445 e. The maximum atomic E-state index is 12.9. The van der Waals surface area contributed by atoms with Crippen molar-refractivity contribution in [3.63, 3.8) is 0 Å². The largest absolute Gasteiger partial charge is 0.445 e. The molecule has 2 aromatic rings. The van der Waals surface area contributed by atoms with Crippen LogP contribution >= 0.6 is 21.6 Å². The van der Waals surface area contributed by atoms with Crippen LogP contribution in [0.15, 0.2) is 60.7 Å². The average molecular weight is 731 g/mol. The first kappa shape index (κ1) is 37.7. The first-order valence-electron chi connectivity index (χ1n) is 15.4. The molecule has 0 unspecified atom stereocenters. The van der Waals surface area contributed by atoms with E-state index in [1.54, 1.807) is 60.7 Å². The third kappa shape index (κ3) is 11.8. The fourth-order valence-corrected chi connectivity index (χ4v) is 6.57. The first-order valence-corrected chi connectivity index (χ1v) is 17.9. The lowest BCUT2D eigenvalue weighted by Gasteiger charge is -2.20. The molecule has 2 aliphatic heterocycles. The number of hydrogen-bond donors (Lipinski definition) is 2. The Kier molecular flexibility index (Phi) is 14.5. The van der Waals surface area contributed by atoms with Crippen LogP contribution in [0.25, 0.3) is 0 Å². The van der Waals surface area contributed by atoms with Crippen molar-refractivity contribution in [2.24, 2.45) is 0 Å². The first-order chi connectivity index (χ1) is 24.1. The predicted molar refractivity (Wildman–Crippen MR) is 176 cm³/mol. The molecule has 2 saturated heterocycles. The maximum absolute atomic E-state index is 12.9. The zero-order valence-corrected chi connectivity index (χ0v) is 28.2. The zero-order chi connectivity index (χ0) is 35.9. The summed E-state index contributed by atoms with van der Waals surface area (Å²) in [4.78, 5) is 109. The average Bonchev–Trinajstić information content (AvgIpc) is 3.61. The molecule has 4 rings (SSSR count). The summed E-state index contributed by atoms with van der Waals surface area (Å²) in [7, 11) is 2.50. The van der Waals surface area contributed by atoms with Gasteiger partial charge in [-0.15, -0.1) is 10.1 Å². The molecule has 50 heavy (non-hydrogen) atoms. The predicted octanol–water partition coefficient (Wildman–Crippen LogP) is 2.95. The molecule has 0 spiro atoms. The molecule has 2 fully saturated rings. The minimum atomic E-state index is -1.29. The number of imide groups is 2. The van der Waals surface area contributed by atoms with Crippen LogP contribution in [0.4, 0.5) is 9.59 Å². The van der Waals surface area contributed by atoms with E-state index in [4.69, 9.17) is 19.1 Å². The normalized spacial score (nSPS) is 15.4. The van der Waals surface area contributed by atoms with Gasteiger partial charge in [-0.25, -0.2) is 19.2 Å². The van der Waals surface area contributed by atoms with E-state index >= 15 is 0 Å². The highest BCUT2D eigenvalue weighted by molar-refractivity contribution is 8.76. The third-order valence-electron chi connectivity index (χ3n) is 7.02. The van der Waals surface area contributed by atoms with E-state index in [0.717, 1.165) is 0 Å². The lowest BCUT2D eigenvalue weighted by atomic mass is 10.2. The van der Waals surface area contributed by atoms with E-state index < -0.39 is 59.8 Å². The number of alkyl carbamates (subject to hydrolysis) is 2. The molecule has 16 nitrogen and oxygen atoms in total. The van der Waals surface area contributed by atoms with Gasteiger partial charge >= 0.3 is 24.1 Å². The van der Waals surface area contributed by atoms with Crippen molar-refractivity contribution in [2.45, 2.75) is 63.8 Å². The molecule has 2 heterocycles. The number of rotatable bonds is 17. The van der Waals surface area contributed by atoms with Crippen molar-refractivity contribution in [1.82, 2.24) is 20.8 Å². The highest BCUT2D eigenvalue weighted by Crippen LogP contribution is 2.25. The van der Waals surface area contributed by atoms with Crippen molar-refractivity contribution >= 4 is 69.3 Å². The number of nitrogens with one attached hydrogen (secondary N) is 2. The molecule has 2 aromatic carbocycles. The third-order valence-corrected chi connectivity index (χ3v) is 9.49. The number of carbonyl (C=O) groups is 8. The molecular formula is C32H34N4O12S2. The van der Waals surface area contributed by atoms with Crippen molar-refractivity contribution in [3.8, 4) is 0 Å². The molecule has 266 valence electrons. The second-order valence-electron chi connectivity index (χ2n) is 10.7. The van der Waals surface area contributed by atoms with Crippen LogP contribution in [0.5, 0.6) is 0 Å². The van der Waals surface area contributed by atoms with Gasteiger partial charge in [0.15, 0.2) is 0 Å². The molecule has 0 saturated carbocycles. The van der Waals surface area contributed by atoms with Gasteiger partial charge in [-0.3, -0.25) is 19.2 Å². The summed E-state index contributed by atoms with van der Waals surface area (Å²) in [6.07, 6.45) is -2.25. The van der Waals surface area contributed by atoms with Crippen LogP contribution in [-0.4, -0.2) is 81.5 Å². The summed E-state index contributed by atoms with van der Waals surface area (Å²) in [5.41, 5.74) is 1.42. The molecular weight excluding hydrogens is 697 g/mol. The van der Waals surface area contributed by atoms with Crippen LogP contribution in [0, 0.1) is 0 Å². The van der Waals surface area contributed by atoms with Gasteiger partial charge in [0.25, 0.3) is 23.6 Å². The second kappa shape index (κ2) is 19.2. The number of hydroxylamine groups is 4. The lowest BCUT2D eigenvalue weighted by molar-refractivity contribution is -0.199. The quantitative estimate of drug-likeness (QED) is 0.137. The van der Waals surface area contributed by atoms with Gasteiger partial charge in [-0.2, -0.15) is 0 Å².